The zero-order valence-corrected chi connectivity index (χ0v) is 18.5. The predicted octanol–water partition coefficient (Wildman–Crippen LogP) is 5.81. The summed E-state index contributed by atoms with van der Waals surface area (Å²) in [6.45, 7) is 10.2. The Morgan fingerprint density at radius 3 is 2.07 bits per heavy atom. The minimum absolute atomic E-state index is 0.788. The average molecular weight is 429 g/mol. The summed E-state index contributed by atoms with van der Waals surface area (Å²) in [6.07, 6.45) is 0. The summed E-state index contributed by atoms with van der Waals surface area (Å²) in [7, 11) is 0. The molecule has 2 aromatic heterocycles. The van der Waals surface area contributed by atoms with E-state index in [2.05, 4.69) is 41.8 Å². The molecule has 1 aliphatic rings. The van der Waals surface area contributed by atoms with E-state index in [4.69, 9.17) is 21.6 Å². The SMILES string of the molecule is Cc1c(Cl)ccc2sc(N3CCN(c4nc5c(C)ccc(C)c5s4)CC3)nc12. The highest BCUT2D eigenvalue weighted by Crippen LogP contribution is 2.36. The van der Waals surface area contributed by atoms with Crippen LogP contribution in [0.25, 0.3) is 20.4 Å². The van der Waals surface area contributed by atoms with Crippen molar-refractivity contribution in [2.45, 2.75) is 20.8 Å². The molecule has 0 bridgehead atoms. The quantitative estimate of drug-likeness (QED) is 0.403. The van der Waals surface area contributed by atoms with Crippen molar-refractivity contribution in [3.05, 3.63) is 46.0 Å². The first kappa shape index (κ1) is 18.2. The molecule has 2 aromatic carbocycles. The van der Waals surface area contributed by atoms with Crippen LogP contribution in [0.4, 0.5) is 10.3 Å². The first-order valence-electron chi connectivity index (χ1n) is 9.43. The topological polar surface area (TPSA) is 32.3 Å². The molecule has 4 nitrogen and oxygen atoms in total. The Labute approximate surface area is 177 Å². The molecular formula is C21H21ClN4S2. The maximum absolute atomic E-state index is 6.26. The van der Waals surface area contributed by atoms with E-state index in [0.717, 1.165) is 58.1 Å². The molecule has 0 unspecified atom stereocenters. The van der Waals surface area contributed by atoms with Crippen molar-refractivity contribution in [3.8, 4) is 0 Å². The minimum atomic E-state index is 0.788. The van der Waals surface area contributed by atoms with Gasteiger partial charge in [-0.1, -0.05) is 46.4 Å². The predicted molar refractivity (Wildman–Crippen MR) is 123 cm³/mol. The van der Waals surface area contributed by atoms with Gasteiger partial charge >= 0.3 is 0 Å². The molecule has 1 saturated heterocycles. The van der Waals surface area contributed by atoms with E-state index in [-0.39, 0.29) is 0 Å². The zero-order valence-electron chi connectivity index (χ0n) is 16.1. The Hall–Kier alpha value is -1.89. The normalized spacial score (nSPS) is 15.1. The van der Waals surface area contributed by atoms with Gasteiger partial charge in [-0.2, -0.15) is 0 Å². The van der Waals surface area contributed by atoms with Gasteiger partial charge < -0.3 is 9.80 Å². The van der Waals surface area contributed by atoms with Crippen molar-refractivity contribution in [1.82, 2.24) is 9.97 Å². The van der Waals surface area contributed by atoms with Crippen molar-refractivity contribution in [2.75, 3.05) is 36.0 Å². The van der Waals surface area contributed by atoms with Crippen LogP contribution in [-0.4, -0.2) is 36.1 Å². The Bertz CT molecular complexity index is 1150. The Kier molecular flexibility index (Phi) is 4.45. The molecule has 0 spiro atoms. The first-order valence-corrected chi connectivity index (χ1v) is 11.4. The third-order valence-electron chi connectivity index (χ3n) is 5.49. The number of aromatic nitrogens is 2. The van der Waals surface area contributed by atoms with Crippen molar-refractivity contribution in [2.24, 2.45) is 0 Å². The first-order chi connectivity index (χ1) is 13.5. The number of hydrogen-bond acceptors (Lipinski definition) is 6. The molecule has 0 amide bonds. The molecule has 1 aliphatic heterocycles. The highest BCUT2D eigenvalue weighted by atomic mass is 35.5. The summed E-state index contributed by atoms with van der Waals surface area (Å²) in [6, 6.07) is 8.41. The van der Waals surface area contributed by atoms with Gasteiger partial charge in [0.05, 0.1) is 20.4 Å². The molecule has 5 rings (SSSR count). The number of nitrogens with zero attached hydrogens (tertiary/aromatic N) is 4. The van der Waals surface area contributed by atoms with Crippen LogP contribution in [0, 0.1) is 20.8 Å². The lowest BCUT2D eigenvalue weighted by atomic mass is 10.1. The summed E-state index contributed by atoms with van der Waals surface area (Å²) in [5, 5.41) is 3.02. The molecule has 1 fully saturated rings. The zero-order chi connectivity index (χ0) is 19.4. The lowest BCUT2D eigenvalue weighted by molar-refractivity contribution is 0.651. The fraction of sp³-hybridized carbons (Fsp3) is 0.333. The molecule has 7 heteroatoms. The molecule has 0 N–H and O–H groups in total. The van der Waals surface area contributed by atoms with Crippen molar-refractivity contribution in [1.29, 1.82) is 0 Å². The maximum atomic E-state index is 6.26. The van der Waals surface area contributed by atoms with Crippen molar-refractivity contribution in [3.63, 3.8) is 0 Å². The maximum Gasteiger partial charge on any atom is 0.186 e. The van der Waals surface area contributed by atoms with Gasteiger partial charge in [-0.05, 0) is 49.6 Å². The van der Waals surface area contributed by atoms with Gasteiger partial charge in [0, 0.05) is 31.2 Å². The van der Waals surface area contributed by atoms with Crippen LogP contribution < -0.4 is 9.80 Å². The van der Waals surface area contributed by atoms with Crippen LogP contribution in [0.3, 0.4) is 0 Å². The van der Waals surface area contributed by atoms with E-state index >= 15 is 0 Å². The average Bonchev–Trinajstić information content (AvgIpc) is 3.34. The molecular weight excluding hydrogens is 408 g/mol. The molecule has 28 heavy (non-hydrogen) atoms. The third kappa shape index (κ3) is 2.95. The summed E-state index contributed by atoms with van der Waals surface area (Å²) in [4.78, 5) is 14.6. The Balaban J connectivity index is 1.37. The number of aryl methyl sites for hydroxylation is 3. The highest BCUT2D eigenvalue weighted by molar-refractivity contribution is 7.22. The molecule has 0 aliphatic carbocycles. The largest absolute Gasteiger partial charge is 0.345 e. The third-order valence-corrected chi connectivity index (χ3v) is 8.23. The highest BCUT2D eigenvalue weighted by Gasteiger charge is 2.23. The van der Waals surface area contributed by atoms with E-state index < -0.39 is 0 Å². The number of halogens is 1. The number of anilines is 2. The van der Waals surface area contributed by atoms with Gasteiger partial charge in [-0.25, -0.2) is 9.97 Å². The number of piperazine rings is 1. The van der Waals surface area contributed by atoms with Crippen LogP contribution in [0.1, 0.15) is 16.7 Å². The minimum Gasteiger partial charge on any atom is -0.345 e. The Morgan fingerprint density at radius 1 is 0.786 bits per heavy atom. The number of fused-ring (bicyclic) bond motifs is 2. The van der Waals surface area contributed by atoms with E-state index in [9.17, 15) is 0 Å². The lowest BCUT2D eigenvalue weighted by Crippen LogP contribution is -2.46. The van der Waals surface area contributed by atoms with E-state index in [0.29, 0.717) is 0 Å². The van der Waals surface area contributed by atoms with Crippen molar-refractivity contribution >= 4 is 65.0 Å². The van der Waals surface area contributed by atoms with Gasteiger partial charge in [-0.3, -0.25) is 0 Å². The van der Waals surface area contributed by atoms with Gasteiger partial charge in [0.1, 0.15) is 0 Å². The van der Waals surface area contributed by atoms with E-state index in [1.54, 1.807) is 11.3 Å². The smallest absolute Gasteiger partial charge is 0.186 e. The molecule has 0 saturated carbocycles. The van der Waals surface area contributed by atoms with E-state index in [1.165, 1.54) is 20.5 Å². The van der Waals surface area contributed by atoms with Crippen LogP contribution >= 0.6 is 34.3 Å². The number of benzene rings is 2. The molecule has 4 aromatic rings. The molecule has 0 radical (unpaired) electrons. The molecule has 0 atom stereocenters. The fourth-order valence-electron chi connectivity index (χ4n) is 3.70. The standard InChI is InChI=1S/C21H21ClN4S2/c1-12-4-5-13(2)19-17(12)23-21(28-19)26-10-8-25(9-11-26)20-24-18-14(3)15(22)6-7-16(18)27-20/h4-7H,8-11H2,1-3H3. The lowest BCUT2D eigenvalue weighted by Gasteiger charge is -2.34. The Morgan fingerprint density at radius 2 is 1.39 bits per heavy atom. The number of hydrogen-bond donors (Lipinski definition) is 0. The van der Waals surface area contributed by atoms with Gasteiger partial charge in [0.25, 0.3) is 0 Å². The van der Waals surface area contributed by atoms with Crippen molar-refractivity contribution < 1.29 is 0 Å². The summed E-state index contributed by atoms with van der Waals surface area (Å²) < 4.78 is 2.52. The van der Waals surface area contributed by atoms with Crippen LogP contribution in [0.15, 0.2) is 24.3 Å². The molecule has 144 valence electrons. The van der Waals surface area contributed by atoms with Gasteiger partial charge in [0.15, 0.2) is 10.3 Å². The van der Waals surface area contributed by atoms with Crippen LogP contribution in [0.2, 0.25) is 5.02 Å². The summed E-state index contributed by atoms with van der Waals surface area (Å²) in [5.74, 6) is 0. The monoisotopic (exact) mass is 428 g/mol. The van der Waals surface area contributed by atoms with Gasteiger partial charge in [0.2, 0.25) is 0 Å². The second kappa shape index (κ2) is 6.87. The number of rotatable bonds is 2. The van der Waals surface area contributed by atoms with Gasteiger partial charge in [-0.15, -0.1) is 0 Å². The molecule has 3 heterocycles. The van der Waals surface area contributed by atoms with E-state index in [1.807, 2.05) is 24.3 Å². The summed E-state index contributed by atoms with van der Waals surface area (Å²) >= 11 is 9.84. The second-order valence-electron chi connectivity index (χ2n) is 7.36. The summed E-state index contributed by atoms with van der Waals surface area (Å²) in [5.41, 5.74) is 5.82. The van der Waals surface area contributed by atoms with Crippen LogP contribution in [-0.2, 0) is 0 Å². The number of thiazole rings is 2. The fourth-order valence-corrected chi connectivity index (χ4v) is 6.09. The second-order valence-corrected chi connectivity index (χ2v) is 9.76. The van der Waals surface area contributed by atoms with Crippen LogP contribution in [0.5, 0.6) is 0 Å².